The molecule has 0 radical (unpaired) electrons. The molecule has 1 rings (SSSR count). The summed E-state index contributed by atoms with van der Waals surface area (Å²) in [6.07, 6.45) is 2.48. The molecular weight excluding hydrogens is 274 g/mol. The molecule has 0 saturated heterocycles. The van der Waals surface area contributed by atoms with Crippen molar-refractivity contribution in [3.05, 3.63) is 29.3 Å². The summed E-state index contributed by atoms with van der Waals surface area (Å²) < 4.78 is 9.42. The standard InChI is InChI=1S/C15H21NO5/c1-20-14(18)11-7-6-8-12(13(11)15(19)21-2)16-9-4-3-5-10-17/h6-8,16-17H,3-5,9-10H2,1-2H3. The van der Waals surface area contributed by atoms with Gasteiger partial charge < -0.3 is 19.9 Å². The third-order valence-electron chi connectivity index (χ3n) is 3.01. The highest BCUT2D eigenvalue weighted by Gasteiger charge is 2.21. The van der Waals surface area contributed by atoms with E-state index in [0.29, 0.717) is 12.2 Å². The van der Waals surface area contributed by atoms with Gasteiger partial charge in [0.05, 0.1) is 25.3 Å². The van der Waals surface area contributed by atoms with Crippen molar-refractivity contribution >= 4 is 17.6 Å². The van der Waals surface area contributed by atoms with Crippen molar-refractivity contribution in [3.63, 3.8) is 0 Å². The maximum Gasteiger partial charge on any atom is 0.340 e. The van der Waals surface area contributed by atoms with Crippen molar-refractivity contribution in [2.24, 2.45) is 0 Å². The van der Waals surface area contributed by atoms with Crippen molar-refractivity contribution in [1.82, 2.24) is 0 Å². The molecule has 116 valence electrons. The van der Waals surface area contributed by atoms with Crippen molar-refractivity contribution < 1.29 is 24.2 Å². The molecule has 0 heterocycles. The van der Waals surface area contributed by atoms with E-state index in [-0.39, 0.29) is 17.7 Å². The topological polar surface area (TPSA) is 84.9 Å². The zero-order valence-corrected chi connectivity index (χ0v) is 12.3. The van der Waals surface area contributed by atoms with E-state index >= 15 is 0 Å². The summed E-state index contributed by atoms with van der Waals surface area (Å²) >= 11 is 0. The summed E-state index contributed by atoms with van der Waals surface area (Å²) in [5.41, 5.74) is 0.882. The fourth-order valence-electron chi connectivity index (χ4n) is 1.94. The number of esters is 2. The highest BCUT2D eigenvalue weighted by atomic mass is 16.5. The molecule has 0 fully saturated rings. The van der Waals surface area contributed by atoms with Gasteiger partial charge in [0.15, 0.2) is 0 Å². The normalized spacial score (nSPS) is 10.0. The van der Waals surface area contributed by atoms with Gasteiger partial charge in [0, 0.05) is 18.8 Å². The molecule has 2 N–H and O–H groups in total. The Morgan fingerprint density at radius 1 is 1.10 bits per heavy atom. The molecule has 0 aliphatic carbocycles. The molecule has 0 amide bonds. The van der Waals surface area contributed by atoms with E-state index in [9.17, 15) is 9.59 Å². The van der Waals surface area contributed by atoms with Crippen molar-refractivity contribution in [3.8, 4) is 0 Å². The van der Waals surface area contributed by atoms with E-state index in [1.807, 2.05) is 0 Å². The third kappa shape index (κ3) is 4.75. The van der Waals surface area contributed by atoms with E-state index in [0.717, 1.165) is 19.3 Å². The quantitative estimate of drug-likeness (QED) is 0.562. The Hall–Kier alpha value is -2.08. The van der Waals surface area contributed by atoms with Crippen LogP contribution in [0.1, 0.15) is 40.0 Å². The largest absolute Gasteiger partial charge is 0.465 e. The van der Waals surface area contributed by atoms with Crippen LogP contribution in [-0.2, 0) is 9.47 Å². The SMILES string of the molecule is COC(=O)c1cccc(NCCCCCO)c1C(=O)OC. The minimum absolute atomic E-state index is 0.171. The van der Waals surface area contributed by atoms with Crippen LogP contribution in [0.15, 0.2) is 18.2 Å². The van der Waals surface area contributed by atoms with E-state index in [1.54, 1.807) is 12.1 Å². The van der Waals surface area contributed by atoms with E-state index < -0.39 is 11.9 Å². The molecule has 0 atom stereocenters. The Balaban J connectivity index is 2.91. The highest BCUT2D eigenvalue weighted by Crippen LogP contribution is 2.22. The van der Waals surface area contributed by atoms with E-state index in [1.165, 1.54) is 20.3 Å². The number of aliphatic hydroxyl groups is 1. The molecule has 21 heavy (non-hydrogen) atoms. The molecule has 1 aromatic carbocycles. The van der Waals surface area contributed by atoms with Gasteiger partial charge in [0.1, 0.15) is 0 Å². The number of hydrogen-bond acceptors (Lipinski definition) is 6. The van der Waals surface area contributed by atoms with Crippen LogP contribution < -0.4 is 5.32 Å². The molecule has 6 nitrogen and oxygen atoms in total. The van der Waals surface area contributed by atoms with Gasteiger partial charge in [0.2, 0.25) is 0 Å². The third-order valence-corrected chi connectivity index (χ3v) is 3.01. The monoisotopic (exact) mass is 295 g/mol. The lowest BCUT2D eigenvalue weighted by Crippen LogP contribution is -2.15. The van der Waals surface area contributed by atoms with Gasteiger partial charge >= 0.3 is 11.9 Å². The summed E-state index contributed by atoms with van der Waals surface area (Å²) in [7, 11) is 2.53. The number of benzene rings is 1. The first-order valence-corrected chi connectivity index (χ1v) is 6.80. The van der Waals surface area contributed by atoms with Gasteiger partial charge in [-0.1, -0.05) is 6.07 Å². The Kier molecular flexibility index (Phi) is 7.25. The van der Waals surface area contributed by atoms with Crippen LogP contribution in [0.3, 0.4) is 0 Å². The maximum absolute atomic E-state index is 11.9. The number of hydrogen-bond donors (Lipinski definition) is 2. The second-order valence-corrected chi connectivity index (χ2v) is 4.42. The first-order chi connectivity index (χ1) is 10.2. The molecule has 6 heteroatoms. The van der Waals surface area contributed by atoms with Crippen LogP contribution in [0.5, 0.6) is 0 Å². The van der Waals surface area contributed by atoms with Crippen molar-refractivity contribution in [2.75, 3.05) is 32.7 Å². The molecule has 0 unspecified atom stereocenters. The summed E-state index contributed by atoms with van der Waals surface area (Å²) in [5.74, 6) is -1.17. The summed E-state index contributed by atoms with van der Waals surface area (Å²) in [4.78, 5) is 23.6. The second-order valence-electron chi connectivity index (χ2n) is 4.42. The van der Waals surface area contributed by atoms with Gasteiger partial charge in [-0.15, -0.1) is 0 Å². The summed E-state index contributed by atoms with van der Waals surface area (Å²) in [5, 5.41) is 11.8. The fourth-order valence-corrected chi connectivity index (χ4v) is 1.94. The summed E-state index contributed by atoms with van der Waals surface area (Å²) in [6, 6.07) is 4.91. The number of carbonyl (C=O) groups excluding carboxylic acids is 2. The minimum Gasteiger partial charge on any atom is -0.465 e. The zero-order valence-electron chi connectivity index (χ0n) is 12.3. The van der Waals surface area contributed by atoms with Crippen molar-refractivity contribution in [2.45, 2.75) is 19.3 Å². The smallest absolute Gasteiger partial charge is 0.340 e. The van der Waals surface area contributed by atoms with Crippen LogP contribution in [0, 0.1) is 0 Å². The van der Waals surface area contributed by atoms with Gasteiger partial charge in [0.25, 0.3) is 0 Å². The molecule has 0 aromatic heterocycles. The molecule has 0 aliphatic rings. The maximum atomic E-state index is 11.9. The molecule has 0 saturated carbocycles. The fraction of sp³-hybridized carbons (Fsp3) is 0.467. The Morgan fingerprint density at radius 2 is 1.81 bits per heavy atom. The van der Waals surface area contributed by atoms with Crippen LogP contribution in [0.2, 0.25) is 0 Å². The number of anilines is 1. The second kappa shape index (κ2) is 8.97. The molecular formula is C15H21NO5. The lowest BCUT2D eigenvalue weighted by Gasteiger charge is -2.13. The number of carbonyl (C=O) groups is 2. The first kappa shape index (κ1) is 17.0. The molecule has 0 spiro atoms. The van der Waals surface area contributed by atoms with E-state index in [4.69, 9.17) is 9.84 Å². The van der Waals surface area contributed by atoms with Gasteiger partial charge in [-0.05, 0) is 31.4 Å². The highest BCUT2D eigenvalue weighted by molar-refractivity contribution is 6.07. The first-order valence-electron chi connectivity index (χ1n) is 6.80. The Morgan fingerprint density at radius 3 is 2.43 bits per heavy atom. The Bertz CT molecular complexity index is 487. The van der Waals surface area contributed by atoms with Gasteiger partial charge in [-0.3, -0.25) is 0 Å². The number of methoxy groups -OCH3 is 2. The average Bonchev–Trinajstić information content (AvgIpc) is 2.52. The lowest BCUT2D eigenvalue weighted by atomic mass is 10.0. The number of ether oxygens (including phenoxy) is 2. The van der Waals surface area contributed by atoms with Crippen LogP contribution >= 0.6 is 0 Å². The van der Waals surface area contributed by atoms with E-state index in [2.05, 4.69) is 10.1 Å². The molecule has 1 aromatic rings. The number of unbranched alkanes of at least 4 members (excludes halogenated alkanes) is 2. The molecule has 0 aliphatic heterocycles. The zero-order chi connectivity index (χ0) is 15.7. The molecule has 0 bridgehead atoms. The summed E-state index contributed by atoms with van der Waals surface area (Å²) in [6.45, 7) is 0.805. The predicted molar refractivity (Wildman–Crippen MR) is 78.5 cm³/mol. The lowest BCUT2D eigenvalue weighted by molar-refractivity contribution is 0.0556. The number of aliphatic hydroxyl groups excluding tert-OH is 1. The van der Waals surface area contributed by atoms with Crippen LogP contribution in [-0.4, -0.2) is 44.4 Å². The van der Waals surface area contributed by atoms with Crippen LogP contribution in [0.4, 0.5) is 5.69 Å². The van der Waals surface area contributed by atoms with Crippen molar-refractivity contribution in [1.29, 1.82) is 0 Å². The Labute approximate surface area is 124 Å². The van der Waals surface area contributed by atoms with Crippen LogP contribution in [0.25, 0.3) is 0 Å². The van der Waals surface area contributed by atoms with Gasteiger partial charge in [-0.2, -0.15) is 0 Å². The minimum atomic E-state index is -0.589. The average molecular weight is 295 g/mol. The predicted octanol–water partition coefficient (Wildman–Crippen LogP) is 1.83. The number of rotatable bonds is 8. The number of nitrogens with one attached hydrogen (secondary N) is 1. The van der Waals surface area contributed by atoms with Gasteiger partial charge in [-0.25, -0.2) is 9.59 Å².